The number of anilines is 1. The maximum Gasteiger partial charge on any atom is 0.223 e. The molecule has 0 aliphatic carbocycles. The fourth-order valence-corrected chi connectivity index (χ4v) is 1.70. The van der Waals surface area contributed by atoms with Crippen molar-refractivity contribution in [2.24, 2.45) is 0 Å². The third-order valence-corrected chi connectivity index (χ3v) is 2.59. The van der Waals surface area contributed by atoms with Crippen LogP contribution in [0.5, 0.6) is 0 Å². The van der Waals surface area contributed by atoms with Gasteiger partial charge in [0.2, 0.25) is 5.95 Å². The van der Waals surface area contributed by atoms with Crippen molar-refractivity contribution < 1.29 is 4.74 Å². The zero-order valence-electron chi connectivity index (χ0n) is 8.40. The Kier molecular flexibility index (Phi) is 3.35. The third-order valence-electron chi connectivity index (χ3n) is 2.40. The Morgan fingerprint density at radius 2 is 2.20 bits per heavy atom. The van der Waals surface area contributed by atoms with Gasteiger partial charge in [-0.2, -0.15) is 0 Å². The van der Waals surface area contributed by atoms with Crippen molar-refractivity contribution in [3.8, 4) is 0 Å². The molecule has 15 heavy (non-hydrogen) atoms. The number of nitrogens with zero attached hydrogens (tertiary/aromatic N) is 2. The van der Waals surface area contributed by atoms with Crippen LogP contribution in [0.15, 0.2) is 12.4 Å². The second-order valence-electron chi connectivity index (χ2n) is 3.41. The Labute approximate surface area is 93.2 Å². The van der Waals surface area contributed by atoms with Gasteiger partial charge in [0, 0.05) is 20.2 Å². The van der Waals surface area contributed by atoms with Gasteiger partial charge in [-0.05, 0) is 0 Å². The minimum Gasteiger partial charge on any atom is -0.378 e. The van der Waals surface area contributed by atoms with E-state index in [1.54, 1.807) is 19.5 Å². The molecule has 1 unspecified atom stereocenters. The van der Waals surface area contributed by atoms with Crippen molar-refractivity contribution in [3.63, 3.8) is 0 Å². The molecule has 2 atom stereocenters. The number of methoxy groups -OCH3 is 1. The SMILES string of the molecule is CO[C@H]1CNCC1Nc1ncc(Cl)cn1. The van der Waals surface area contributed by atoms with E-state index in [9.17, 15) is 0 Å². The molecule has 5 nitrogen and oxygen atoms in total. The third kappa shape index (κ3) is 2.56. The van der Waals surface area contributed by atoms with Crippen LogP contribution in [-0.2, 0) is 4.74 Å². The van der Waals surface area contributed by atoms with Gasteiger partial charge in [0.25, 0.3) is 0 Å². The molecule has 82 valence electrons. The number of hydrogen-bond acceptors (Lipinski definition) is 5. The highest BCUT2D eigenvalue weighted by Crippen LogP contribution is 2.11. The summed E-state index contributed by atoms with van der Waals surface area (Å²) < 4.78 is 5.31. The summed E-state index contributed by atoms with van der Waals surface area (Å²) in [5.41, 5.74) is 0. The summed E-state index contributed by atoms with van der Waals surface area (Å²) in [6, 6.07) is 0.205. The van der Waals surface area contributed by atoms with Crippen molar-refractivity contribution in [3.05, 3.63) is 17.4 Å². The maximum absolute atomic E-state index is 5.69. The normalized spacial score (nSPS) is 25.5. The minimum absolute atomic E-state index is 0.157. The molecule has 2 rings (SSSR count). The molecule has 6 heteroatoms. The highest BCUT2D eigenvalue weighted by Gasteiger charge is 2.27. The zero-order valence-corrected chi connectivity index (χ0v) is 9.16. The molecule has 0 amide bonds. The van der Waals surface area contributed by atoms with Gasteiger partial charge in [0.05, 0.1) is 29.6 Å². The van der Waals surface area contributed by atoms with Crippen LogP contribution in [0.4, 0.5) is 5.95 Å². The molecule has 1 aliphatic rings. The smallest absolute Gasteiger partial charge is 0.223 e. The van der Waals surface area contributed by atoms with E-state index in [1.165, 1.54) is 0 Å². The summed E-state index contributed by atoms with van der Waals surface area (Å²) in [6.45, 7) is 1.70. The summed E-state index contributed by atoms with van der Waals surface area (Å²) in [5.74, 6) is 0.579. The Hall–Kier alpha value is -0.910. The van der Waals surface area contributed by atoms with Crippen LogP contribution in [0.3, 0.4) is 0 Å². The average molecular weight is 229 g/mol. The Morgan fingerprint density at radius 1 is 1.47 bits per heavy atom. The summed E-state index contributed by atoms with van der Waals surface area (Å²) in [6.07, 6.45) is 3.30. The lowest BCUT2D eigenvalue weighted by Crippen LogP contribution is -2.34. The van der Waals surface area contributed by atoms with Gasteiger partial charge in [-0.3, -0.25) is 0 Å². The highest BCUT2D eigenvalue weighted by atomic mass is 35.5. The quantitative estimate of drug-likeness (QED) is 0.791. The summed E-state index contributed by atoms with van der Waals surface area (Å²) in [4.78, 5) is 8.15. The number of aromatic nitrogens is 2. The number of hydrogen-bond donors (Lipinski definition) is 2. The van der Waals surface area contributed by atoms with Crippen LogP contribution in [0.25, 0.3) is 0 Å². The molecule has 2 heterocycles. The fraction of sp³-hybridized carbons (Fsp3) is 0.556. The van der Waals surface area contributed by atoms with Gasteiger partial charge in [-0.15, -0.1) is 0 Å². The van der Waals surface area contributed by atoms with Crippen LogP contribution in [-0.4, -0.2) is 42.3 Å². The molecule has 1 aromatic rings. The van der Waals surface area contributed by atoms with Crippen LogP contribution < -0.4 is 10.6 Å². The summed E-state index contributed by atoms with van der Waals surface area (Å²) in [5, 5.41) is 6.97. The Bertz CT molecular complexity index is 318. The van der Waals surface area contributed by atoms with Crippen LogP contribution in [0.1, 0.15) is 0 Å². The van der Waals surface area contributed by atoms with E-state index in [0.717, 1.165) is 13.1 Å². The van der Waals surface area contributed by atoms with E-state index < -0.39 is 0 Å². The summed E-state index contributed by atoms with van der Waals surface area (Å²) >= 11 is 5.69. The molecule has 2 N–H and O–H groups in total. The summed E-state index contributed by atoms with van der Waals surface area (Å²) in [7, 11) is 1.70. The van der Waals surface area contributed by atoms with E-state index in [-0.39, 0.29) is 12.1 Å². The number of nitrogens with one attached hydrogen (secondary N) is 2. The molecule has 1 aliphatic heterocycles. The molecule has 0 bridgehead atoms. The molecule has 1 fully saturated rings. The predicted octanol–water partition coefficient (Wildman–Crippen LogP) is 0.529. The van der Waals surface area contributed by atoms with Crippen LogP contribution in [0, 0.1) is 0 Å². The number of halogens is 1. The Balaban J connectivity index is 1.99. The minimum atomic E-state index is 0.157. The van der Waals surface area contributed by atoms with Crippen molar-refractivity contribution in [2.45, 2.75) is 12.1 Å². The van der Waals surface area contributed by atoms with Crippen LogP contribution >= 0.6 is 11.6 Å². The predicted molar refractivity (Wildman–Crippen MR) is 58.1 cm³/mol. The average Bonchev–Trinajstić information content (AvgIpc) is 2.69. The van der Waals surface area contributed by atoms with Gasteiger partial charge >= 0.3 is 0 Å². The molecule has 1 aromatic heterocycles. The van der Waals surface area contributed by atoms with Crippen molar-refractivity contribution in [2.75, 3.05) is 25.5 Å². The standard InChI is InChI=1S/C9H13ClN4O/c1-15-8-5-11-4-7(8)14-9-12-2-6(10)3-13-9/h2-3,7-8,11H,4-5H2,1H3,(H,12,13,14)/t7?,8-/m0/s1. The topological polar surface area (TPSA) is 59.1 Å². The van der Waals surface area contributed by atoms with Crippen LogP contribution in [0.2, 0.25) is 5.02 Å². The van der Waals surface area contributed by atoms with E-state index in [0.29, 0.717) is 11.0 Å². The van der Waals surface area contributed by atoms with Gasteiger partial charge < -0.3 is 15.4 Å². The first-order valence-corrected chi connectivity index (χ1v) is 5.15. The van der Waals surface area contributed by atoms with Gasteiger partial charge in [0.1, 0.15) is 0 Å². The monoisotopic (exact) mass is 228 g/mol. The van der Waals surface area contributed by atoms with Gasteiger partial charge in [-0.1, -0.05) is 11.6 Å². The molecular weight excluding hydrogens is 216 g/mol. The number of ether oxygens (including phenoxy) is 1. The van der Waals surface area contributed by atoms with E-state index in [1.807, 2.05) is 0 Å². The van der Waals surface area contributed by atoms with Gasteiger partial charge in [0.15, 0.2) is 0 Å². The van der Waals surface area contributed by atoms with E-state index in [4.69, 9.17) is 16.3 Å². The van der Waals surface area contributed by atoms with Crippen molar-refractivity contribution >= 4 is 17.5 Å². The second-order valence-corrected chi connectivity index (χ2v) is 3.84. The molecule has 1 saturated heterocycles. The lowest BCUT2D eigenvalue weighted by Gasteiger charge is -2.18. The maximum atomic E-state index is 5.69. The molecule has 0 spiro atoms. The molecule has 0 aromatic carbocycles. The lowest BCUT2D eigenvalue weighted by atomic mass is 10.2. The molecule has 0 saturated carbocycles. The molecule has 0 radical (unpaired) electrons. The second kappa shape index (κ2) is 4.74. The first-order valence-electron chi connectivity index (χ1n) is 4.77. The number of rotatable bonds is 3. The Morgan fingerprint density at radius 3 is 2.87 bits per heavy atom. The van der Waals surface area contributed by atoms with E-state index >= 15 is 0 Å². The van der Waals surface area contributed by atoms with Gasteiger partial charge in [-0.25, -0.2) is 9.97 Å². The largest absolute Gasteiger partial charge is 0.378 e. The highest BCUT2D eigenvalue weighted by molar-refractivity contribution is 6.30. The first-order chi connectivity index (χ1) is 7.29. The first kappa shape index (κ1) is 10.6. The van der Waals surface area contributed by atoms with Crippen molar-refractivity contribution in [1.82, 2.24) is 15.3 Å². The lowest BCUT2D eigenvalue weighted by molar-refractivity contribution is 0.111. The zero-order chi connectivity index (χ0) is 10.7. The molecular formula is C9H13ClN4O. The fourth-order valence-electron chi connectivity index (χ4n) is 1.60. The van der Waals surface area contributed by atoms with E-state index in [2.05, 4.69) is 20.6 Å². The van der Waals surface area contributed by atoms with Crippen molar-refractivity contribution in [1.29, 1.82) is 0 Å².